The Morgan fingerprint density at radius 2 is 1.12 bits per heavy atom. The molecule has 0 aromatic rings. The summed E-state index contributed by atoms with van der Waals surface area (Å²) in [4.78, 5) is 21.6. The Balaban J connectivity index is -0.0000000750. The van der Waals surface area contributed by atoms with Crippen molar-refractivity contribution >= 4 is 30.9 Å². The van der Waals surface area contributed by atoms with Crippen LogP contribution < -0.4 is 0 Å². The summed E-state index contributed by atoms with van der Waals surface area (Å²) >= 11 is 0. The summed E-state index contributed by atoms with van der Waals surface area (Å²) in [7, 11) is -4.64. The van der Waals surface area contributed by atoms with Crippen LogP contribution in [-0.2, 0) is 4.57 Å². The van der Waals surface area contributed by atoms with Gasteiger partial charge in [0.05, 0.1) is 0 Å². The highest BCUT2D eigenvalue weighted by atomic mass is 31.2. The molecule has 0 bridgehead atoms. The Labute approximate surface area is 63.6 Å². The second-order valence-electron chi connectivity index (χ2n) is 0.513. The first-order chi connectivity index (χ1) is 3.00. The smallest absolute Gasteiger partial charge is 0.303 e. The fourth-order valence-corrected chi connectivity index (χ4v) is 0. The maximum Gasteiger partial charge on any atom is 0.466 e. The highest BCUT2D eigenvalue weighted by Gasteiger charge is 2.00. The summed E-state index contributed by atoms with van der Waals surface area (Å²) in [6, 6.07) is 0. The van der Waals surface area contributed by atoms with Crippen molar-refractivity contribution in [2.75, 3.05) is 0 Å². The average Bonchev–Trinajstić information content (AvgIpc) is 1.36. The minimum atomic E-state index is -4.64. The second kappa shape index (κ2) is 7.62. The van der Waals surface area contributed by atoms with Crippen LogP contribution >= 0.6 is 7.82 Å². The molecular formula is C2H9MgO4P. The Morgan fingerprint density at radius 3 is 1.12 bits per heavy atom. The summed E-state index contributed by atoms with van der Waals surface area (Å²) in [6.45, 7) is 6.00. The standard InChI is InChI=1S/C2H4.Mg.H3O4P.2H/c1-2;;1-5(2,3)4;;/h1-2H2;;(H3,1,2,3,4);;. The lowest BCUT2D eigenvalue weighted by molar-refractivity contribution is 0.275. The topological polar surface area (TPSA) is 77.8 Å². The van der Waals surface area contributed by atoms with Crippen LogP contribution in [0.4, 0.5) is 0 Å². The van der Waals surface area contributed by atoms with Gasteiger partial charge < -0.3 is 14.7 Å². The van der Waals surface area contributed by atoms with Gasteiger partial charge in [0, 0.05) is 0 Å². The summed E-state index contributed by atoms with van der Waals surface area (Å²) < 4.78 is 8.88. The van der Waals surface area contributed by atoms with Crippen LogP contribution in [0, 0.1) is 0 Å². The molecule has 8 heavy (non-hydrogen) atoms. The molecule has 3 N–H and O–H groups in total. The maximum absolute atomic E-state index is 8.88. The molecule has 0 aromatic carbocycles. The monoisotopic (exact) mass is 152 g/mol. The Hall–Kier alpha value is 0.616. The van der Waals surface area contributed by atoms with Gasteiger partial charge in [0.15, 0.2) is 0 Å². The molecule has 0 rings (SSSR count). The third-order valence-electron chi connectivity index (χ3n) is 0. The van der Waals surface area contributed by atoms with Crippen LogP contribution in [0.15, 0.2) is 13.2 Å². The van der Waals surface area contributed by atoms with E-state index < -0.39 is 7.82 Å². The normalized spacial score (nSPS) is 7.88. The molecule has 0 aliphatic carbocycles. The molecule has 0 radical (unpaired) electrons. The van der Waals surface area contributed by atoms with Crippen LogP contribution in [0.25, 0.3) is 0 Å². The van der Waals surface area contributed by atoms with Gasteiger partial charge in [0.2, 0.25) is 0 Å². The molecule has 0 unspecified atom stereocenters. The fourth-order valence-electron chi connectivity index (χ4n) is 0. The van der Waals surface area contributed by atoms with E-state index in [0.29, 0.717) is 0 Å². The van der Waals surface area contributed by atoms with Gasteiger partial charge in [-0.25, -0.2) is 4.57 Å². The summed E-state index contributed by atoms with van der Waals surface area (Å²) in [5.41, 5.74) is 0. The van der Waals surface area contributed by atoms with Crippen molar-refractivity contribution < 1.29 is 19.2 Å². The third-order valence-corrected chi connectivity index (χ3v) is 0. The van der Waals surface area contributed by atoms with Gasteiger partial charge in [-0.1, -0.05) is 0 Å². The summed E-state index contributed by atoms with van der Waals surface area (Å²) in [5, 5.41) is 0. The van der Waals surface area contributed by atoms with Crippen molar-refractivity contribution in [2.45, 2.75) is 0 Å². The molecule has 0 spiro atoms. The van der Waals surface area contributed by atoms with Crippen molar-refractivity contribution in [2.24, 2.45) is 0 Å². The van der Waals surface area contributed by atoms with E-state index in [0.717, 1.165) is 0 Å². The number of hydrogen-bond acceptors (Lipinski definition) is 1. The van der Waals surface area contributed by atoms with Crippen LogP contribution in [0.5, 0.6) is 0 Å². The molecule has 48 valence electrons. The quantitative estimate of drug-likeness (QED) is 0.235. The largest absolute Gasteiger partial charge is 0.466 e. The minimum absolute atomic E-state index is 0. The molecular weight excluding hydrogens is 143 g/mol. The van der Waals surface area contributed by atoms with Gasteiger partial charge in [0.1, 0.15) is 0 Å². The van der Waals surface area contributed by atoms with Crippen LogP contribution in [0.1, 0.15) is 0 Å². The zero-order chi connectivity index (χ0) is 6.50. The van der Waals surface area contributed by atoms with Gasteiger partial charge in [-0.05, 0) is 0 Å². The molecule has 0 fully saturated rings. The van der Waals surface area contributed by atoms with Crippen molar-refractivity contribution in [3.8, 4) is 0 Å². The molecule has 4 nitrogen and oxygen atoms in total. The van der Waals surface area contributed by atoms with Crippen molar-refractivity contribution in [1.82, 2.24) is 0 Å². The highest BCUT2D eigenvalue weighted by Crippen LogP contribution is 2.25. The molecule has 0 aliphatic heterocycles. The lowest BCUT2D eigenvalue weighted by atomic mass is 11.3. The van der Waals surface area contributed by atoms with Crippen molar-refractivity contribution in [3.05, 3.63) is 13.2 Å². The summed E-state index contributed by atoms with van der Waals surface area (Å²) in [5.74, 6) is 0. The number of rotatable bonds is 0. The zero-order valence-corrected chi connectivity index (χ0v) is 4.51. The van der Waals surface area contributed by atoms with Gasteiger partial charge in [-0.3, -0.25) is 0 Å². The van der Waals surface area contributed by atoms with E-state index in [1.54, 1.807) is 0 Å². The maximum atomic E-state index is 8.88. The minimum Gasteiger partial charge on any atom is -0.303 e. The Kier molecular flexibility index (Phi) is 15.1. The third kappa shape index (κ3) is 550. The lowest BCUT2D eigenvalue weighted by Gasteiger charge is -1.82. The first-order valence-corrected chi connectivity index (χ1v) is 2.85. The van der Waals surface area contributed by atoms with Gasteiger partial charge >= 0.3 is 30.9 Å². The van der Waals surface area contributed by atoms with Crippen LogP contribution in [-0.4, -0.2) is 37.7 Å². The molecule has 0 saturated heterocycles. The second-order valence-corrected chi connectivity index (χ2v) is 1.54. The number of phosphoric acid groups is 1. The van der Waals surface area contributed by atoms with E-state index in [-0.39, 0.29) is 23.1 Å². The first kappa shape index (κ1) is 15.8. The molecule has 0 heterocycles. The zero-order valence-electron chi connectivity index (χ0n) is 3.61. The van der Waals surface area contributed by atoms with E-state index in [2.05, 4.69) is 13.2 Å². The SMILES string of the molecule is C=C.O=P(O)(O)O.[MgH2]. The van der Waals surface area contributed by atoms with Crippen LogP contribution in [0.2, 0.25) is 0 Å². The van der Waals surface area contributed by atoms with E-state index in [1.807, 2.05) is 0 Å². The van der Waals surface area contributed by atoms with E-state index >= 15 is 0 Å². The molecule has 6 heteroatoms. The van der Waals surface area contributed by atoms with Crippen LogP contribution in [0.3, 0.4) is 0 Å². The predicted molar refractivity (Wildman–Crippen MR) is 34.1 cm³/mol. The molecule has 0 atom stereocenters. The highest BCUT2D eigenvalue weighted by molar-refractivity contribution is 7.45. The molecule has 0 amide bonds. The summed E-state index contributed by atoms with van der Waals surface area (Å²) in [6.07, 6.45) is 0. The van der Waals surface area contributed by atoms with E-state index in [1.165, 1.54) is 0 Å². The Morgan fingerprint density at radius 1 is 1.12 bits per heavy atom. The molecule has 0 aliphatic rings. The van der Waals surface area contributed by atoms with Gasteiger partial charge in [-0.2, -0.15) is 0 Å². The Bertz CT molecular complexity index is 69.8. The van der Waals surface area contributed by atoms with Gasteiger partial charge in [-0.15, -0.1) is 13.2 Å². The lowest BCUT2D eigenvalue weighted by Crippen LogP contribution is -1.66. The van der Waals surface area contributed by atoms with E-state index in [4.69, 9.17) is 19.2 Å². The van der Waals surface area contributed by atoms with Crippen molar-refractivity contribution in [3.63, 3.8) is 0 Å². The van der Waals surface area contributed by atoms with Gasteiger partial charge in [0.25, 0.3) is 0 Å². The van der Waals surface area contributed by atoms with Crippen molar-refractivity contribution in [1.29, 1.82) is 0 Å². The van der Waals surface area contributed by atoms with E-state index in [9.17, 15) is 0 Å². The predicted octanol–water partition coefficient (Wildman–Crippen LogP) is -1.04. The molecule has 0 saturated carbocycles. The molecule has 0 aromatic heterocycles. The fraction of sp³-hybridized carbons (Fsp3) is 0. The average molecular weight is 152 g/mol. The first-order valence-electron chi connectivity index (χ1n) is 1.28. The number of hydrogen-bond donors (Lipinski definition) is 3.